The molecular formula is C15H16ClF3O5S. The van der Waals surface area contributed by atoms with Gasteiger partial charge in [0, 0.05) is 6.07 Å². The predicted molar refractivity (Wildman–Crippen MR) is 83.5 cm³/mol. The van der Waals surface area contributed by atoms with Gasteiger partial charge in [0.05, 0.1) is 21.1 Å². The molecular weight excluding hydrogens is 385 g/mol. The maximum absolute atomic E-state index is 12.6. The van der Waals surface area contributed by atoms with Crippen molar-refractivity contribution in [3.05, 3.63) is 23.2 Å². The molecule has 1 fully saturated rings. The van der Waals surface area contributed by atoms with Crippen molar-refractivity contribution in [2.45, 2.75) is 48.6 Å². The molecule has 140 valence electrons. The van der Waals surface area contributed by atoms with Gasteiger partial charge in [-0.1, -0.05) is 11.6 Å². The molecule has 0 spiro atoms. The van der Waals surface area contributed by atoms with Gasteiger partial charge in [0.1, 0.15) is 5.75 Å². The lowest BCUT2D eigenvalue weighted by Crippen LogP contribution is -2.31. The van der Waals surface area contributed by atoms with Gasteiger partial charge in [0.2, 0.25) is 0 Å². The van der Waals surface area contributed by atoms with Crippen LogP contribution in [0.25, 0.3) is 0 Å². The summed E-state index contributed by atoms with van der Waals surface area (Å²) in [7, 11) is -3.88. The first-order valence-corrected chi connectivity index (χ1v) is 9.35. The van der Waals surface area contributed by atoms with E-state index in [1.165, 1.54) is 0 Å². The zero-order valence-corrected chi connectivity index (χ0v) is 14.7. The Morgan fingerprint density at radius 2 is 2.00 bits per heavy atom. The van der Waals surface area contributed by atoms with E-state index in [2.05, 4.69) is 0 Å². The van der Waals surface area contributed by atoms with Gasteiger partial charge in [-0.2, -0.15) is 13.2 Å². The summed E-state index contributed by atoms with van der Waals surface area (Å²) in [6, 6.07) is 3.20. The van der Waals surface area contributed by atoms with E-state index in [9.17, 15) is 26.4 Å². The number of sulfone groups is 1. The molecule has 2 rings (SSSR count). The topological polar surface area (TPSA) is 80.7 Å². The monoisotopic (exact) mass is 400 g/mol. The van der Waals surface area contributed by atoms with Gasteiger partial charge in [-0.25, -0.2) is 8.42 Å². The second-order valence-electron chi connectivity index (χ2n) is 5.91. The average Bonchev–Trinajstić information content (AvgIpc) is 2.96. The Labute approximate surface area is 147 Å². The first kappa shape index (κ1) is 19.8. The molecule has 0 saturated heterocycles. The molecule has 0 aromatic heterocycles. The van der Waals surface area contributed by atoms with Crippen molar-refractivity contribution in [2.24, 2.45) is 5.92 Å². The number of carbonyl (C=O) groups is 1. The van der Waals surface area contributed by atoms with Gasteiger partial charge in [0.25, 0.3) is 0 Å². The van der Waals surface area contributed by atoms with Crippen LogP contribution >= 0.6 is 11.6 Å². The molecule has 1 N–H and O–H groups in total. The quantitative estimate of drug-likeness (QED) is 0.815. The third-order valence-corrected chi connectivity index (χ3v) is 6.86. The second kappa shape index (κ2) is 7.03. The van der Waals surface area contributed by atoms with E-state index in [4.69, 9.17) is 21.4 Å². The molecule has 0 bridgehead atoms. The smallest absolute Gasteiger partial charge is 0.425 e. The average molecular weight is 401 g/mol. The minimum atomic E-state index is -4.56. The van der Waals surface area contributed by atoms with E-state index in [0.29, 0.717) is 0 Å². The van der Waals surface area contributed by atoms with Crippen LogP contribution in [-0.4, -0.2) is 37.0 Å². The maximum Gasteiger partial charge on any atom is 0.425 e. The molecule has 10 heteroatoms. The van der Waals surface area contributed by atoms with Crippen molar-refractivity contribution < 1.29 is 36.2 Å². The van der Waals surface area contributed by atoms with Crippen LogP contribution in [0.1, 0.15) is 26.2 Å². The number of aliphatic carboxylic acids is 1. The largest absolute Gasteiger partial charge is 0.481 e. The zero-order chi connectivity index (χ0) is 19.0. The summed E-state index contributed by atoms with van der Waals surface area (Å²) >= 11 is 5.93. The number of halogens is 4. The Balaban J connectivity index is 2.21. The van der Waals surface area contributed by atoms with Crippen molar-refractivity contribution in [1.29, 1.82) is 0 Å². The van der Waals surface area contributed by atoms with Gasteiger partial charge in [-0.15, -0.1) is 0 Å². The lowest BCUT2D eigenvalue weighted by atomic mass is 10.1. The van der Waals surface area contributed by atoms with Gasteiger partial charge in [-0.05, 0) is 38.3 Å². The van der Waals surface area contributed by atoms with E-state index in [1.54, 1.807) is 0 Å². The molecule has 0 unspecified atom stereocenters. The molecule has 0 heterocycles. The van der Waals surface area contributed by atoms with E-state index < -0.39 is 39.3 Å². The molecule has 1 aromatic rings. The summed E-state index contributed by atoms with van der Waals surface area (Å²) < 4.78 is 67.5. The summed E-state index contributed by atoms with van der Waals surface area (Å²) in [5.41, 5.74) is 0. The van der Waals surface area contributed by atoms with Crippen LogP contribution in [0.4, 0.5) is 13.2 Å². The van der Waals surface area contributed by atoms with Crippen LogP contribution in [0.5, 0.6) is 5.75 Å². The van der Waals surface area contributed by atoms with Crippen molar-refractivity contribution >= 4 is 27.4 Å². The number of hydrogen-bond donors (Lipinski definition) is 1. The third-order valence-electron chi connectivity index (χ3n) is 4.16. The highest BCUT2D eigenvalue weighted by molar-refractivity contribution is 7.92. The molecule has 0 aliphatic heterocycles. The normalized spacial score (nSPS) is 22.6. The second-order valence-corrected chi connectivity index (χ2v) is 8.51. The highest BCUT2D eigenvalue weighted by Crippen LogP contribution is 2.37. The van der Waals surface area contributed by atoms with Gasteiger partial charge in [-0.3, -0.25) is 4.79 Å². The van der Waals surface area contributed by atoms with Gasteiger partial charge >= 0.3 is 12.1 Å². The van der Waals surface area contributed by atoms with Crippen molar-refractivity contribution in [1.82, 2.24) is 0 Å². The molecule has 25 heavy (non-hydrogen) atoms. The number of hydrogen-bond acceptors (Lipinski definition) is 4. The lowest BCUT2D eigenvalue weighted by molar-refractivity contribution is -0.189. The number of alkyl halides is 3. The summed E-state index contributed by atoms with van der Waals surface area (Å²) in [4.78, 5) is 10.7. The molecule has 1 aromatic carbocycles. The van der Waals surface area contributed by atoms with Gasteiger partial charge in [0.15, 0.2) is 15.9 Å². The molecule has 1 aliphatic carbocycles. The van der Waals surface area contributed by atoms with Crippen LogP contribution in [0.15, 0.2) is 23.1 Å². The minimum Gasteiger partial charge on any atom is -0.481 e. The maximum atomic E-state index is 12.6. The zero-order valence-electron chi connectivity index (χ0n) is 13.1. The molecule has 3 atom stereocenters. The number of carboxylic acids is 1. The van der Waals surface area contributed by atoms with E-state index in [0.717, 1.165) is 25.1 Å². The Morgan fingerprint density at radius 1 is 1.36 bits per heavy atom. The van der Waals surface area contributed by atoms with Crippen LogP contribution in [0.2, 0.25) is 5.02 Å². The van der Waals surface area contributed by atoms with Crippen molar-refractivity contribution in [3.8, 4) is 5.75 Å². The molecule has 1 saturated carbocycles. The Hall–Kier alpha value is -1.48. The summed E-state index contributed by atoms with van der Waals surface area (Å²) in [6.07, 6.45) is -6.21. The molecule has 1 aliphatic rings. The van der Waals surface area contributed by atoms with E-state index >= 15 is 0 Å². The number of benzene rings is 1. The Morgan fingerprint density at radius 3 is 2.48 bits per heavy atom. The van der Waals surface area contributed by atoms with Crippen LogP contribution in [0.3, 0.4) is 0 Å². The third kappa shape index (κ3) is 4.38. The Bertz CT molecular complexity index is 763. The van der Waals surface area contributed by atoms with Gasteiger partial charge < -0.3 is 9.84 Å². The fourth-order valence-corrected chi connectivity index (χ4v) is 5.06. The Kier molecular flexibility index (Phi) is 5.58. The number of carboxylic acid groups (broad SMARTS) is 1. The lowest BCUT2D eigenvalue weighted by Gasteiger charge is -2.19. The van der Waals surface area contributed by atoms with E-state index in [-0.39, 0.29) is 34.9 Å². The molecule has 5 nitrogen and oxygen atoms in total. The predicted octanol–water partition coefficient (Wildman–Crippen LogP) is 3.70. The van der Waals surface area contributed by atoms with E-state index in [1.807, 2.05) is 0 Å². The summed E-state index contributed by atoms with van der Waals surface area (Å²) in [6.45, 7) is 0.823. The molecule has 0 amide bonds. The fourth-order valence-electron chi connectivity index (χ4n) is 2.68. The SMILES string of the molecule is C[C@@H](Oc1ccc(S(=O)(=O)[C@H]2CC[C@H](C(=O)O)C2)c(Cl)c1)C(F)(F)F. The fraction of sp³-hybridized carbons (Fsp3) is 0.533. The first-order valence-electron chi connectivity index (χ1n) is 7.42. The number of ether oxygens (including phenoxy) is 1. The van der Waals surface area contributed by atoms with Crippen molar-refractivity contribution in [2.75, 3.05) is 0 Å². The van der Waals surface area contributed by atoms with Crippen LogP contribution < -0.4 is 4.74 Å². The first-order chi connectivity index (χ1) is 11.4. The standard InChI is InChI=1S/C15H16ClF3O5S/c1-8(15(17,18)19)24-10-3-5-13(12(16)7-10)25(22,23)11-4-2-9(6-11)14(20)21/h3,5,7-9,11H,2,4,6H2,1H3,(H,20,21)/t8-,9+,11+/m1/s1. The van der Waals surface area contributed by atoms with Crippen LogP contribution in [-0.2, 0) is 14.6 Å². The van der Waals surface area contributed by atoms with Crippen LogP contribution in [0, 0.1) is 5.92 Å². The number of rotatable bonds is 5. The summed E-state index contributed by atoms with van der Waals surface area (Å²) in [5, 5.41) is 7.84. The highest BCUT2D eigenvalue weighted by atomic mass is 35.5. The van der Waals surface area contributed by atoms with Crippen molar-refractivity contribution in [3.63, 3.8) is 0 Å². The highest BCUT2D eigenvalue weighted by Gasteiger charge is 2.40. The summed E-state index contributed by atoms with van der Waals surface area (Å²) in [5.74, 6) is -1.98. The molecule has 0 radical (unpaired) electrons. The minimum absolute atomic E-state index is 0.0165.